The van der Waals surface area contributed by atoms with Gasteiger partial charge in [0.15, 0.2) is 0 Å². The minimum Gasteiger partial charge on any atom is -0.366 e. The molecule has 0 aromatic heterocycles. The molecule has 3 amide bonds. The lowest BCUT2D eigenvalue weighted by Gasteiger charge is -2.48. The molecule has 0 radical (unpaired) electrons. The normalized spacial score (nSPS) is 23.4. The van der Waals surface area contributed by atoms with E-state index in [0.29, 0.717) is 24.2 Å². The molecule has 1 unspecified atom stereocenters. The van der Waals surface area contributed by atoms with Crippen molar-refractivity contribution >= 4 is 23.4 Å². The van der Waals surface area contributed by atoms with Crippen molar-refractivity contribution in [2.75, 3.05) is 38.0 Å². The number of primary amides is 1. The van der Waals surface area contributed by atoms with Crippen LogP contribution >= 0.6 is 0 Å². The van der Waals surface area contributed by atoms with Gasteiger partial charge in [-0.3, -0.25) is 19.3 Å². The van der Waals surface area contributed by atoms with Crippen LogP contribution in [0.4, 0.5) is 5.69 Å². The zero-order valence-corrected chi connectivity index (χ0v) is 15.9. The summed E-state index contributed by atoms with van der Waals surface area (Å²) in [7, 11) is 0. The first-order valence-corrected chi connectivity index (χ1v) is 9.61. The highest BCUT2D eigenvalue weighted by Gasteiger charge is 2.41. The third-order valence-electron chi connectivity index (χ3n) is 5.69. The van der Waals surface area contributed by atoms with Gasteiger partial charge >= 0.3 is 0 Å². The molecule has 2 aliphatic rings. The fourth-order valence-electron chi connectivity index (χ4n) is 4.29. The number of hydrogen-bond acceptors (Lipinski definition) is 4. The second-order valence-corrected chi connectivity index (χ2v) is 7.71. The van der Waals surface area contributed by atoms with Crippen molar-refractivity contribution in [2.24, 2.45) is 11.1 Å². The molecule has 2 heterocycles. The number of rotatable bonds is 5. The molecule has 146 valence electrons. The van der Waals surface area contributed by atoms with Crippen LogP contribution < -0.4 is 11.1 Å². The van der Waals surface area contributed by atoms with E-state index < -0.39 is 5.91 Å². The summed E-state index contributed by atoms with van der Waals surface area (Å²) in [5.41, 5.74) is 6.41. The maximum atomic E-state index is 12.4. The van der Waals surface area contributed by atoms with E-state index in [2.05, 4.69) is 10.2 Å². The average Bonchev–Trinajstić information content (AvgIpc) is 2.64. The van der Waals surface area contributed by atoms with Crippen molar-refractivity contribution < 1.29 is 14.4 Å². The van der Waals surface area contributed by atoms with Crippen molar-refractivity contribution in [2.45, 2.75) is 32.6 Å². The minimum atomic E-state index is -0.487. The van der Waals surface area contributed by atoms with Gasteiger partial charge in [-0.1, -0.05) is 0 Å². The quantitative estimate of drug-likeness (QED) is 0.818. The summed E-state index contributed by atoms with van der Waals surface area (Å²) in [6, 6.07) is 6.57. The highest BCUT2D eigenvalue weighted by atomic mass is 16.2. The van der Waals surface area contributed by atoms with Gasteiger partial charge in [-0.2, -0.15) is 0 Å². The Hall–Kier alpha value is -2.41. The molecule has 1 aromatic rings. The van der Waals surface area contributed by atoms with E-state index in [0.717, 1.165) is 45.4 Å². The van der Waals surface area contributed by atoms with Crippen LogP contribution in [0.5, 0.6) is 0 Å². The molecular weight excluding hydrogens is 344 g/mol. The molecule has 0 saturated carbocycles. The molecule has 7 heteroatoms. The summed E-state index contributed by atoms with van der Waals surface area (Å²) >= 11 is 0. The van der Waals surface area contributed by atoms with Gasteiger partial charge in [0, 0.05) is 42.7 Å². The molecule has 7 nitrogen and oxygen atoms in total. The molecule has 1 spiro atoms. The number of nitrogens with one attached hydrogen (secondary N) is 1. The fourth-order valence-corrected chi connectivity index (χ4v) is 4.29. The zero-order valence-electron chi connectivity index (χ0n) is 15.9. The molecule has 3 rings (SSSR count). The van der Waals surface area contributed by atoms with E-state index in [-0.39, 0.29) is 17.2 Å². The van der Waals surface area contributed by atoms with Crippen LogP contribution in [0.25, 0.3) is 0 Å². The number of benzene rings is 1. The summed E-state index contributed by atoms with van der Waals surface area (Å²) in [6.07, 6.45) is 3.69. The number of nitrogens with zero attached hydrogens (tertiary/aromatic N) is 2. The molecule has 0 aliphatic carbocycles. The van der Waals surface area contributed by atoms with Gasteiger partial charge in [0.05, 0.1) is 6.54 Å². The Morgan fingerprint density at radius 1 is 1.19 bits per heavy atom. The van der Waals surface area contributed by atoms with Crippen molar-refractivity contribution in [1.82, 2.24) is 9.80 Å². The van der Waals surface area contributed by atoms with Crippen molar-refractivity contribution in [1.29, 1.82) is 0 Å². The van der Waals surface area contributed by atoms with Gasteiger partial charge in [-0.05, 0) is 57.0 Å². The van der Waals surface area contributed by atoms with Gasteiger partial charge in [0.25, 0.3) is 0 Å². The highest BCUT2D eigenvalue weighted by molar-refractivity contribution is 5.95. The van der Waals surface area contributed by atoms with E-state index in [1.165, 1.54) is 0 Å². The van der Waals surface area contributed by atoms with Gasteiger partial charge in [0.2, 0.25) is 17.7 Å². The van der Waals surface area contributed by atoms with E-state index in [1.54, 1.807) is 24.3 Å². The van der Waals surface area contributed by atoms with Gasteiger partial charge in [0.1, 0.15) is 0 Å². The number of piperidine rings is 2. The number of carbonyl (C=O) groups excluding carboxylic acids is 3. The standard InChI is InChI=1S/C20H28N4O3/c1-2-24-14-20(10-8-18(24)26)9-3-11-23(13-20)12-17(25)22-16-6-4-15(5-7-16)19(21)27/h4-7H,2-3,8-14H2,1H3,(H2,21,27)(H,22,25). The second-order valence-electron chi connectivity index (χ2n) is 7.71. The van der Waals surface area contributed by atoms with Crippen LogP contribution in [0.15, 0.2) is 24.3 Å². The molecule has 1 aromatic carbocycles. The second kappa shape index (κ2) is 8.08. The third-order valence-corrected chi connectivity index (χ3v) is 5.69. The SMILES string of the molecule is CCN1CC2(CCCN(CC(=O)Nc3ccc(C(N)=O)cc3)C2)CCC1=O. The van der Waals surface area contributed by atoms with E-state index in [1.807, 2.05) is 11.8 Å². The van der Waals surface area contributed by atoms with Gasteiger partial charge in [-0.25, -0.2) is 0 Å². The van der Waals surface area contributed by atoms with Crippen LogP contribution in [-0.4, -0.2) is 60.2 Å². The fraction of sp³-hybridized carbons (Fsp3) is 0.550. The average molecular weight is 372 g/mol. The van der Waals surface area contributed by atoms with E-state index in [4.69, 9.17) is 5.73 Å². The van der Waals surface area contributed by atoms with E-state index in [9.17, 15) is 14.4 Å². The maximum Gasteiger partial charge on any atom is 0.248 e. The summed E-state index contributed by atoms with van der Waals surface area (Å²) in [4.78, 5) is 39.7. The Kier molecular flexibility index (Phi) is 5.79. The predicted molar refractivity (Wildman–Crippen MR) is 103 cm³/mol. The van der Waals surface area contributed by atoms with Crippen LogP contribution in [0.1, 0.15) is 43.0 Å². The van der Waals surface area contributed by atoms with Crippen LogP contribution in [-0.2, 0) is 9.59 Å². The number of nitrogens with two attached hydrogens (primary N) is 1. The topological polar surface area (TPSA) is 95.7 Å². The minimum absolute atomic E-state index is 0.0712. The van der Waals surface area contributed by atoms with Crippen molar-refractivity contribution in [3.63, 3.8) is 0 Å². The zero-order chi connectivity index (χ0) is 19.4. The monoisotopic (exact) mass is 372 g/mol. The summed E-state index contributed by atoms with van der Waals surface area (Å²) in [5.74, 6) is -0.311. The highest BCUT2D eigenvalue weighted by Crippen LogP contribution is 2.38. The number of likely N-dealkylation sites (tertiary alicyclic amines) is 2. The predicted octanol–water partition coefficient (Wildman–Crippen LogP) is 1.45. The lowest BCUT2D eigenvalue weighted by atomic mass is 9.73. The summed E-state index contributed by atoms with van der Waals surface area (Å²) in [5, 5.41) is 2.88. The number of carbonyl (C=O) groups is 3. The molecule has 27 heavy (non-hydrogen) atoms. The molecule has 2 fully saturated rings. The molecule has 2 saturated heterocycles. The summed E-state index contributed by atoms with van der Waals surface area (Å²) < 4.78 is 0. The van der Waals surface area contributed by atoms with Gasteiger partial charge in [-0.15, -0.1) is 0 Å². The Morgan fingerprint density at radius 3 is 2.59 bits per heavy atom. The molecule has 3 N–H and O–H groups in total. The van der Waals surface area contributed by atoms with Crippen LogP contribution in [0.2, 0.25) is 0 Å². The maximum absolute atomic E-state index is 12.4. The van der Waals surface area contributed by atoms with Crippen LogP contribution in [0.3, 0.4) is 0 Å². The largest absolute Gasteiger partial charge is 0.366 e. The van der Waals surface area contributed by atoms with Crippen molar-refractivity contribution in [3.8, 4) is 0 Å². The molecule has 1 atom stereocenters. The molecular formula is C20H28N4O3. The lowest BCUT2D eigenvalue weighted by Crippen LogP contribution is -2.54. The Balaban J connectivity index is 1.56. The third kappa shape index (κ3) is 4.66. The first kappa shape index (κ1) is 19.4. The van der Waals surface area contributed by atoms with Crippen molar-refractivity contribution in [3.05, 3.63) is 29.8 Å². The summed E-state index contributed by atoms with van der Waals surface area (Å²) in [6.45, 7) is 5.66. The Bertz CT molecular complexity index is 718. The molecule has 0 bridgehead atoms. The van der Waals surface area contributed by atoms with Crippen LogP contribution in [0, 0.1) is 5.41 Å². The first-order valence-electron chi connectivity index (χ1n) is 9.61. The Morgan fingerprint density at radius 2 is 1.93 bits per heavy atom. The molecule has 2 aliphatic heterocycles. The Labute approximate surface area is 159 Å². The lowest BCUT2D eigenvalue weighted by molar-refractivity contribution is -0.139. The number of hydrogen-bond donors (Lipinski definition) is 2. The van der Waals surface area contributed by atoms with Gasteiger partial charge < -0.3 is 16.0 Å². The smallest absolute Gasteiger partial charge is 0.248 e. The number of amides is 3. The van der Waals surface area contributed by atoms with E-state index >= 15 is 0 Å². The first-order chi connectivity index (χ1) is 12.9. The number of anilines is 1.